The number of hydrogen-bond acceptors (Lipinski definition) is 2. The van der Waals surface area contributed by atoms with Gasteiger partial charge in [-0.3, -0.25) is 0 Å². The third kappa shape index (κ3) is 12.5. The van der Waals surface area contributed by atoms with Crippen molar-refractivity contribution < 1.29 is 45.2 Å². The van der Waals surface area contributed by atoms with E-state index in [1.165, 1.54) is 0 Å². The summed E-state index contributed by atoms with van der Waals surface area (Å²) in [5.41, 5.74) is 0. The summed E-state index contributed by atoms with van der Waals surface area (Å²) < 4.78 is 17.0. The largest absolute Gasteiger partial charge is 0 e. The Morgan fingerprint density at radius 1 is 1.25 bits per heavy atom. The molecule has 0 radical (unpaired) electrons. The van der Waals surface area contributed by atoms with Crippen LogP contribution in [0, 0.1) is 0 Å². The van der Waals surface area contributed by atoms with Crippen LogP contribution in [0.15, 0.2) is 0 Å². The van der Waals surface area contributed by atoms with Crippen molar-refractivity contribution in [2.45, 2.75) is 0 Å². The minimum absolute atomic E-state index is 0. The normalized spacial score (nSPS) is 2.00. The van der Waals surface area contributed by atoms with Crippen LogP contribution >= 0.6 is 0 Å². The second-order valence-corrected chi connectivity index (χ2v) is 0.344. The van der Waals surface area contributed by atoms with Crippen molar-refractivity contribution >= 4 is 0 Å². The van der Waals surface area contributed by atoms with Crippen LogP contribution in [0.25, 0.3) is 0 Å². The Morgan fingerprint density at radius 2 is 1.25 bits per heavy atom. The molecule has 0 aromatic carbocycles. The zero-order valence-corrected chi connectivity index (χ0v) is 6.55. The Labute approximate surface area is 45.3 Å². The molecule has 0 N–H and O–H groups in total. The van der Waals surface area contributed by atoms with Crippen molar-refractivity contribution in [1.82, 2.24) is 0 Å². The predicted octanol–water partition coefficient (Wildman–Crippen LogP) is -0.243. The molecule has 4 heteroatoms. The van der Waals surface area contributed by atoms with E-state index in [0.717, 1.165) is 0 Å². The second-order valence-electron chi connectivity index (χ2n) is 0.0833. The van der Waals surface area contributed by atoms with Gasteiger partial charge in [-0.25, -0.2) is 0 Å². The Balaban J connectivity index is 0. The maximum absolute atomic E-state index is 8.50. The third-order valence-corrected chi connectivity index (χ3v) is 0. The zero-order valence-electron chi connectivity index (χ0n) is 2.02. The molecule has 0 amide bonds. The van der Waals surface area contributed by atoms with Gasteiger partial charge in [0.15, 0.2) is 0 Å². The summed E-state index contributed by atoms with van der Waals surface area (Å²) in [5.74, 6) is 0. The molecule has 0 saturated heterocycles. The maximum atomic E-state index is 8.50. The smallest absolute Gasteiger partial charge is 0 e. The average Bonchev–Trinajstić information content (AvgIpc) is 0.918. The Kier molecular flexibility index (Phi) is 20.1. The topological polar surface area (TPSA) is 34.1 Å². The first-order valence-corrected chi connectivity index (χ1v) is 1.68. The molecule has 2 nitrogen and oxygen atoms in total. The minimum atomic E-state index is -2.00. The monoisotopic (exact) mass is 144 g/mol. The van der Waals surface area contributed by atoms with Crippen LogP contribution in [0.4, 0.5) is 0 Å². The second kappa shape index (κ2) is 9.05. The van der Waals surface area contributed by atoms with Crippen LogP contribution in [-0.4, -0.2) is 0 Å². The Bertz CT molecular complexity index is 27.0. The summed E-state index contributed by atoms with van der Waals surface area (Å²) in [6.45, 7) is 0. The Morgan fingerprint density at radius 3 is 1.25 bits per heavy atom. The summed E-state index contributed by atoms with van der Waals surface area (Å²) in [6.07, 6.45) is 0. The molecule has 0 rings (SSSR count). The van der Waals surface area contributed by atoms with Crippen molar-refractivity contribution in [3.05, 3.63) is 0 Å². The molecule has 18 valence electrons. The molecule has 0 aromatic rings. The quantitative estimate of drug-likeness (QED) is 0.441. The first kappa shape index (κ1) is 8.87. The predicted molar refractivity (Wildman–Crippen MR) is 1.37 cm³/mol. The number of hydrogen-bond donors (Lipinski definition) is 0. The van der Waals surface area contributed by atoms with E-state index in [0.29, 0.717) is 0 Å². The van der Waals surface area contributed by atoms with Crippen LogP contribution in [0.1, 0.15) is 0 Å². The summed E-state index contributed by atoms with van der Waals surface area (Å²) in [5, 5.41) is 0. The van der Waals surface area contributed by atoms with Crippen molar-refractivity contribution in [2.75, 3.05) is 0 Å². The first-order valence-electron chi connectivity index (χ1n) is 0.408. The minimum Gasteiger partial charge on any atom is 0 e. The zero-order chi connectivity index (χ0) is 2.71. The molecule has 0 fully saturated rings. The van der Waals surface area contributed by atoms with E-state index in [-0.39, 0.29) is 19.5 Å². The van der Waals surface area contributed by atoms with Crippen molar-refractivity contribution in [1.29, 1.82) is 0 Å². The molecular formula is O2TiZn. The van der Waals surface area contributed by atoms with E-state index < -0.39 is 19.1 Å². The first-order chi connectivity index (χ1) is 1.41. The van der Waals surface area contributed by atoms with E-state index in [1.807, 2.05) is 0 Å². The summed E-state index contributed by atoms with van der Waals surface area (Å²) in [6, 6.07) is 0. The molecule has 0 aromatic heterocycles. The van der Waals surface area contributed by atoms with Crippen LogP contribution in [-0.2, 0) is 45.2 Å². The molecule has 0 aliphatic carbocycles. The van der Waals surface area contributed by atoms with Crippen molar-refractivity contribution in [3.63, 3.8) is 0 Å². The van der Waals surface area contributed by atoms with E-state index in [2.05, 4.69) is 0 Å². The van der Waals surface area contributed by atoms with Gasteiger partial charge >= 0.3 is 25.7 Å². The van der Waals surface area contributed by atoms with E-state index in [1.54, 1.807) is 0 Å². The van der Waals surface area contributed by atoms with Gasteiger partial charge in [0.25, 0.3) is 0 Å². The Hall–Kier alpha value is 0.938. The van der Waals surface area contributed by atoms with Gasteiger partial charge in [-0.05, 0) is 0 Å². The van der Waals surface area contributed by atoms with Crippen molar-refractivity contribution in [3.8, 4) is 0 Å². The van der Waals surface area contributed by atoms with Gasteiger partial charge in [0.05, 0.1) is 0 Å². The summed E-state index contributed by atoms with van der Waals surface area (Å²) in [4.78, 5) is 0. The van der Waals surface area contributed by atoms with Gasteiger partial charge < -0.3 is 0 Å². The van der Waals surface area contributed by atoms with Crippen LogP contribution in [0.2, 0.25) is 0 Å². The fraction of sp³-hybridized carbons (Fsp3) is 0. The molecule has 0 aliphatic heterocycles. The fourth-order valence-corrected chi connectivity index (χ4v) is 0. The van der Waals surface area contributed by atoms with Crippen LogP contribution < -0.4 is 0 Å². The standard InChI is InChI=1S/2O.Ti.Zn. The van der Waals surface area contributed by atoms with Crippen LogP contribution in [0.5, 0.6) is 0 Å². The maximum Gasteiger partial charge on any atom is 0 e. The molecule has 0 heterocycles. The average molecular weight is 145 g/mol. The summed E-state index contributed by atoms with van der Waals surface area (Å²) >= 11 is -2.00. The molecule has 0 unspecified atom stereocenters. The molecule has 0 spiro atoms. The van der Waals surface area contributed by atoms with Crippen molar-refractivity contribution in [2.24, 2.45) is 0 Å². The third-order valence-electron chi connectivity index (χ3n) is 0. The molecule has 0 atom stereocenters. The molecule has 0 saturated carbocycles. The van der Waals surface area contributed by atoms with Gasteiger partial charge in [-0.15, -0.1) is 0 Å². The SMILES string of the molecule is [O]=[Ti]=[O].[Zn]. The van der Waals surface area contributed by atoms with Gasteiger partial charge in [0.2, 0.25) is 0 Å². The van der Waals surface area contributed by atoms with E-state index >= 15 is 0 Å². The van der Waals surface area contributed by atoms with Gasteiger partial charge in [-0.2, -0.15) is 0 Å². The summed E-state index contributed by atoms with van der Waals surface area (Å²) in [7, 11) is 0. The molecule has 0 aliphatic rings. The van der Waals surface area contributed by atoms with E-state index in [9.17, 15) is 0 Å². The van der Waals surface area contributed by atoms with Gasteiger partial charge in [0.1, 0.15) is 0 Å². The molecule has 4 heavy (non-hydrogen) atoms. The molecular weight excluding hydrogens is 145 g/mol. The van der Waals surface area contributed by atoms with Gasteiger partial charge in [-0.1, -0.05) is 0 Å². The molecule has 0 bridgehead atoms. The van der Waals surface area contributed by atoms with E-state index in [4.69, 9.17) is 6.65 Å². The van der Waals surface area contributed by atoms with Gasteiger partial charge in [0, 0.05) is 19.5 Å². The fourth-order valence-electron chi connectivity index (χ4n) is 0. The number of rotatable bonds is 0. The van der Waals surface area contributed by atoms with Crippen LogP contribution in [0.3, 0.4) is 0 Å².